The molecule has 1 amide bonds. The molecule has 9 nitrogen and oxygen atoms in total. The van der Waals surface area contributed by atoms with Gasteiger partial charge in [-0.25, -0.2) is 26.4 Å². The van der Waals surface area contributed by atoms with Gasteiger partial charge in [-0.2, -0.15) is 0 Å². The maximum absolute atomic E-state index is 12.8. The molecule has 1 aliphatic rings. The van der Waals surface area contributed by atoms with Crippen LogP contribution in [0, 0.1) is 0 Å². The molecule has 0 aliphatic carbocycles. The molecule has 14 heteroatoms. The van der Waals surface area contributed by atoms with Crippen molar-refractivity contribution in [1.82, 2.24) is 9.62 Å². The van der Waals surface area contributed by atoms with Crippen molar-refractivity contribution in [2.45, 2.75) is 48.2 Å². The molecular formula is C29H33Cl3N2O7S2. The number of ether oxygens (including phenoxy) is 2. The zero-order chi connectivity index (χ0) is 31.8. The van der Waals surface area contributed by atoms with Crippen LogP contribution in [0.3, 0.4) is 0 Å². The fourth-order valence-electron chi connectivity index (χ4n) is 4.09. The van der Waals surface area contributed by atoms with Gasteiger partial charge in [-0.1, -0.05) is 65.7 Å². The van der Waals surface area contributed by atoms with Gasteiger partial charge in [-0.15, -0.1) is 0 Å². The average molecular weight is 692 g/mol. The Morgan fingerprint density at radius 1 is 0.930 bits per heavy atom. The number of sulfonamides is 1. The van der Waals surface area contributed by atoms with Crippen LogP contribution in [0.15, 0.2) is 88.7 Å². The molecule has 1 aliphatic heterocycles. The summed E-state index contributed by atoms with van der Waals surface area (Å²) in [6.45, 7) is 6.24. The van der Waals surface area contributed by atoms with Gasteiger partial charge in [0.05, 0.1) is 32.5 Å². The Bertz CT molecular complexity index is 1590. The first-order valence-corrected chi connectivity index (χ1v) is 17.7. The van der Waals surface area contributed by atoms with Crippen molar-refractivity contribution < 1.29 is 31.1 Å². The molecular weight excluding hydrogens is 659 g/mol. The summed E-state index contributed by atoms with van der Waals surface area (Å²) in [5, 5.41) is 0.770. The quantitative estimate of drug-likeness (QED) is 0.301. The van der Waals surface area contributed by atoms with E-state index < -0.39 is 36.9 Å². The van der Waals surface area contributed by atoms with E-state index in [-0.39, 0.29) is 35.4 Å². The number of benzene rings is 3. The molecule has 1 saturated heterocycles. The molecule has 4 rings (SSSR count). The Hall–Kier alpha value is -2.38. The number of nitrogens with one attached hydrogen (secondary N) is 1. The van der Waals surface area contributed by atoms with Gasteiger partial charge in [0, 0.05) is 36.2 Å². The Balaban J connectivity index is 0.000000428. The lowest BCUT2D eigenvalue weighted by Crippen LogP contribution is -2.41. The molecule has 1 fully saturated rings. The minimum Gasteiger partial charge on any atom is -0.444 e. The van der Waals surface area contributed by atoms with E-state index in [1.54, 1.807) is 80.3 Å². The fraction of sp³-hybridized carbons (Fsp3) is 0.345. The summed E-state index contributed by atoms with van der Waals surface area (Å²) >= 11 is 12.3. The number of carbonyl (C=O) groups is 1. The van der Waals surface area contributed by atoms with Crippen molar-refractivity contribution in [2.75, 3.05) is 26.2 Å². The van der Waals surface area contributed by atoms with E-state index in [0.29, 0.717) is 16.6 Å². The lowest BCUT2D eigenvalue weighted by atomic mass is 9.93. The minimum atomic E-state index is -3.73. The van der Waals surface area contributed by atoms with Crippen LogP contribution in [0.1, 0.15) is 32.3 Å². The summed E-state index contributed by atoms with van der Waals surface area (Å²) in [7, 11) is -2.23. The molecule has 0 spiro atoms. The first kappa shape index (κ1) is 35.1. The Kier molecular flexibility index (Phi) is 12.3. The molecule has 234 valence electrons. The van der Waals surface area contributed by atoms with E-state index in [2.05, 4.69) is 4.72 Å². The Morgan fingerprint density at radius 2 is 1.51 bits per heavy atom. The van der Waals surface area contributed by atoms with Crippen molar-refractivity contribution in [3.63, 3.8) is 0 Å². The number of hydrogen-bond acceptors (Lipinski definition) is 7. The third kappa shape index (κ3) is 10.9. The van der Waals surface area contributed by atoms with Crippen LogP contribution in [0.4, 0.5) is 4.79 Å². The van der Waals surface area contributed by atoms with Gasteiger partial charge in [0.25, 0.3) is 9.05 Å². The molecule has 2 atom stereocenters. The van der Waals surface area contributed by atoms with Crippen LogP contribution in [0.25, 0.3) is 0 Å². The number of halogens is 3. The van der Waals surface area contributed by atoms with Gasteiger partial charge in [-0.3, -0.25) is 0 Å². The van der Waals surface area contributed by atoms with Gasteiger partial charge in [-0.05, 0) is 62.7 Å². The second-order valence-electron chi connectivity index (χ2n) is 10.5. The molecule has 1 N–H and O–H groups in total. The molecule has 0 radical (unpaired) electrons. The third-order valence-corrected chi connectivity index (χ3v) is 9.68. The fourth-order valence-corrected chi connectivity index (χ4v) is 6.25. The molecule has 2 unspecified atom stereocenters. The number of rotatable bonds is 6. The second-order valence-corrected chi connectivity index (χ2v) is 15.7. The molecule has 3 aromatic rings. The monoisotopic (exact) mass is 690 g/mol. The molecule has 0 bridgehead atoms. The Morgan fingerprint density at radius 3 is 2.02 bits per heavy atom. The third-order valence-electron chi connectivity index (χ3n) is 6.14. The first-order valence-electron chi connectivity index (χ1n) is 13.2. The van der Waals surface area contributed by atoms with Gasteiger partial charge in [0.15, 0.2) is 0 Å². The largest absolute Gasteiger partial charge is 0.444 e. The van der Waals surface area contributed by atoms with E-state index >= 15 is 0 Å². The van der Waals surface area contributed by atoms with E-state index in [1.807, 2.05) is 0 Å². The lowest BCUT2D eigenvalue weighted by molar-refractivity contribution is 0.0233. The van der Waals surface area contributed by atoms with Crippen LogP contribution in [-0.4, -0.2) is 65.8 Å². The van der Waals surface area contributed by atoms with Crippen LogP contribution in [0.5, 0.6) is 0 Å². The van der Waals surface area contributed by atoms with Crippen molar-refractivity contribution >= 4 is 59.1 Å². The smallest absolute Gasteiger partial charge is 0.410 e. The second kappa shape index (κ2) is 15.1. The lowest BCUT2D eigenvalue weighted by Gasteiger charge is -2.30. The highest BCUT2D eigenvalue weighted by Gasteiger charge is 2.34. The number of nitrogens with zero attached hydrogens (tertiary/aromatic N) is 1. The normalized spacial score (nSPS) is 17.8. The first-order chi connectivity index (χ1) is 20.1. The van der Waals surface area contributed by atoms with Gasteiger partial charge < -0.3 is 14.4 Å². The number of hydrogen-bond donors (Lipinski definition) is 1. The van der Waals surface area contributed by atoms with E-state index in [9.17, 15) is 21.6 Å². The predicted molar refractivity (Wildman–Crippen MR) is 168 cm³/mol. The maximum Gasteiger partial charge on any atom is 0.410 e. The molecule has 43 heavy (non-hydrogen) atoms. The number of carbonyl (C=O) groups excluding carboxylic acids is 1. The standard InChI is InChI=1S/C23H28Cl2N2O5S.C6H5ClO2S/c1-23(2,3)32-22(28)27-11-12-31-21(14-26-33(29,30)17-7-5-4-6-8-17)18(15-27)16-9-10-19(24)20(25)13-16;7-10(8,9)6-4-2-1-3-5-6/h4-10,13,18,21,26H,11-12,14-15H2,1-3H3;1-5H. The summed E-state index contributed by atoms with van der Waals surface area (Å²) < 4.78 is 60.9. The molecule has 1 heterocycles. The van der Waals surface area contributed by atoms with E-state index in [0.717, 1.165) is 5.56 Å². The maximum atomic E-state index is 12.8. The van der Waals surface area contributed by atoms with Crippen LogP contribution in [-0.2, 0) is 28.5 Å². The zero-order valence-electron chi connectivity index (χ0n) is 23.7. The summed E-state index contributed by atoms with van der Waals surface area (Å²) in [5.74, 6) is -0.367. The summed E-state index contributed by atoms with van der Waals surface area (Å²) in [5.41, 5.74) is 0.136. The molecule has 0 saturated carbocycles. The van der Waals surface area contributed by atoms with Crippen LogP contribution >= 0.6 is 33.9 Å². The van der Waals surface area contributed by atoms with Crippen LogP contribution < -0.4 is 4.72 Å². The van der Waals surface area contributed by atoms with Gasteiger partial charge in [0.1, 0.15) is 5.60 Å². The number of amides is 1. The van der Waals surface area contributed by atoms with Gasteiger partial charge in [0.2, 0.25) is 10.0 Å². The van der Waals surface area contributed by atoms with Crippen LogP contribution in [0.2, 0.25) is 10.0 Å². The minimum absolute atomic E-state index is 0.0182. The van der Waals surface area contributed by atoms with E-state index in [4.69, 9.17) is 43.4 Å². The molecule has 0 aromatic heterocycles. The topological polar surface area (TPSA) is 119 Å². The summed E-state index contributed by atoms with van der Waals surface area (Å²) in [6, 6.07) is 21.2. The Labute approximate surface area is 267 Å². The predicted octanol–water partition coefficient (Wildman–Crippen LogP) is 6.31. The van der Waals surface area contributed by atoms with Gasteiger partial charge >= 0.3 is 6.09 Å². The van der Waals surface area contributed by atoms with Crippen molar-refractivity contribution in [2.24, 2.45) is 0 Å². The summed E-state index contributed by atoms with van der Waals surface area (Å²) in [4.78, 5) is 14.6. The summed E-state index contributed by atoms with van der Waals surface area (Å²) in [6.07, 6.45) is -1.00. The SMILES string of the molecule is CC(C)(C)OC(=O)N1CCOC(CNS(=O)(=O)c2ccccc2)C(c2ccc(Cl)c(Cl)c2)C1.O=S(=O)(Cl)c1ccccc1. The van der Waals surface area contributed by atoms with Crippen molar-refractivity contribution in [3.8, 4) is 0 Å². The van der Waals surface area contributed by atoms with E-state index in [1.165, 1.54) is 24.3 Å². The van der Waals surface area contributed by atoms with Crippen molar-refractivity contribution in [3.05, 3.63) is 94.5 Å². The van der Waals surface area contributed by atoms with Crippen molar-refractivity contribution in [1.29, 1.82) is 0 Å². The highest BCUT2D eigenvalue weighted by Crippen LogP contribution is 2.31. The highest BCUT2D eigenvalue weighted by molar-refractivity contribution is 8.13. The highest BCUT2D eigenvalue weighted by atomic mass is 35.7. The average Bonchev–Trinajstić information content (AvgIpc) is 3.16. The molecule has 3 aromatic carbocycles. The zero-order valence-corrected chi connectivity index (χ0v) is 27.6.